The van der Waals surface area contributed by atoms with Crippen molar-refractivity contribution in [1.29, 1.82) is 0 Å². The van der Waals surface area contributed by atoms with Gasteiger partial charge in [0.2, 0.25) is 0 Å². The van der Waals surface area contributed by atoms with Crippen LogP contribution in [0, 0.1) is 12.8 Å². The van der Waals surface area contributed by atoms with Crippen molar-refractivity contribution in [3.05, 3.63) is 29.5 Å². The SMILES string of the molecule is COc1ccc2[nH]c(C(=O)N[C@@H]3C[C@H]4OCC[C@@H]34)c(C)c2c1. The van der Waals surface area contributed by atoms with E-state index in [1.165, 1.54) is 0 Å². The molecule has 1 amide bonds. The summed E-state index contributed by atoms with van der Waals surface area (Å²) in [6.45, 7) is 2.79. The van der Waals surface area contributed by atoms with Crippen molar-refractivity contribution < 1.29 is 14.3 Å². The number of methoxy groups -OCH3 is 1. The van der Waals surface area contributed by atoms with Crippen molar-refractivity contribution in [2.24, 2.45) is 5.92 Å². The van der Waals surface area contributed by atoms with Gasteiger partial charge in [0.25, 0.3) is 5.91 Å². The zero-order valence-corrected chi connectivity index (χ0v) is 12.8. The first kappa shape index (κ1) is 13.6. The van der Waals surface area contributed by atoms with Crippen molar-refractivity contribution in [1.82, 2.24) is 10.3 Å². The molecule has 116 valence electrons. The molecule has 1 aromatic heterocycles. The van der Waals surface area contributed by atoms with Gasteiger partial charge in [-0.15, -0.1) is 0 Å². The molecule has 1 aliphatic heterocycles. The van der Waals surface area contributed by atoms with E-state index >= 15 is 0 Å². The Labute approximate surface area is 129 Å². The van der Waals surface area contributed by atoms with Crippen LogP contribution in [-0.2, 0) is 4.74 Å². The Bertz CT molecular complexity index is 737. The number of ether oxygens (including phenoxy) is 2. The fraction of sp³-hybridized carbons (Fsp3) is 0.471. The van der Waals surface area contributed by atoms with Gasteiger partial charge in [-0.1, -0.05) is 0 Å². The van der Waals surface area contributed by atoms with Gasteiger partial charge < -0.3 is 19.8 Å². The number of benzene rings is 1. The van der Waals surface area contributed by atoms with E-state index in [0.29, 0.717) is 17.7 Å². The van der Waals surface area contributed by atoms with Crippen LogP contribution in [0.2, 0.25) is 0 Å². The lowest BCUT2D eigenvalue weighted by molar-refractivity contribution is 0.00803. The number of aromatic nitrogens is 1. The van der Waals surface area contributed by atoms with Gasteiger partial charge in [0.1, 0.15) is 11.4 Å². The normalized spacial score (nSPS) is 26.5. The lowest BCUT2D eigenvalue weighted by Crippen LogP contribution is -2.53. The van der Waals surface area contributed by atoms with Gasteiger partial charge in [0.15, 0.2) is 0 Å². The minimum absolute atomic E-state index is 0.0250. The molecule has 1 aromatic carbocycles. The third-order valence-corrected chi connectivity index (χ3v) is 5.07. The van der Waals surface area contributed by atoms with Crippen molar-refractivity contribution in [3.8, 4) is 5.75 Å². The monoisotopic (exact) mass is 300 g/mol. The first-order chi connectivity index (χ1) is 10.7. The molecule has 5 nitrogen and oxygen atoms in total. The molecule has 0 spiro atoms. The number of H-pyrrole nitrogens is 1. The summed E-state index contributed by atoms with van der Waals surface area (Å²) in [7, 11) is 1.65. The van der Waals surface area contributed by atoms with E-state index in [-0.39, 0.29) is 11.9 Å². The number of rotatable bonds is 3. The van der Waals surface area contributed by atoms with Crippen LogP contribution in [0.5, 0.6) is 5.75 Å². The van der Waals surface area contributed by atoms with E-state index in [0.717, 1.165) is 41.7 Å². The molecule has 2 aromatic rings. The lowest BCUT2D eigenvalue weighted by atomic mass is 9.76. The molecular formula is C17H20N2O3. The topological polar surface area (TPSA) is 63.4 Å². The fourth-order valence-corrected chi connectivity index (χ4v) is 3.66. The summed E-state index contributed by atoms with van der Waals surface area (Å²) in [6, 6.07) is 6.05. The van der Waals surface area contributed by atoms with Crippen molar-refractivity contribution in [3.63, 3.8) is 0 Å². The number of carbonyl (C=O) groups excluding carboxylic acids is 1. The number of amides is 1. The highest BCUT2D eigenvalue weighted by Gasteiger charge is 2.45. The van der Waals surface area contributed by atoms with E-state index in [4.69, 9.17) is 9.47 Å². The Hall–Kier alpha value is -2.01. The summed E-state index contributed by atoms with van der Waals surface area (Å²) < 4.78 is 10.9. The molecule has 5 heteroatoms. The van der Waals surface area contributed by atoms with E-state index < -0.39 is 0 Å². The number of fused-ring (bicyclic) bond motifs is 2. The smallest absolute Gasteiger partial charge is 0.268 e. The highest BCUT2D eigenvalue weighted by molar-refractivity contribution is 6.01. The van der Waals surface area contributed by atoms with E-state index in [2.05, 4.69) is 10.3 Å². The Balaban J connectivity index is 1.57. The second kappa shape index (κ2) is 5.02. The summed E-state index contributed by atoms with van der Waals surface area (Å²) in [5, 5.41) is 4.18. The van der Waals surface area contributed by atoms with E-state index in [1.54, 1.807) is 7.11 Å². The second-order valence-corrected chi connectivity index (χ2v) is 6.21. The predicted molar refractivity (Wildman–Crippen MR) is 83.3 cm³/mol. The molecule has 2 heterocycles. The molecular weight excluding hydrogens is 280 g/mol. The third kappa shape index (κ3) is 2.00. The van der Waals surface area contributed by atoms with Gasteiger partial charge >= 0.3 is 0 Å². The maximum absolute atomic E-state index is 12.6. The number of hydrogen-bond donors (Lipinski definition) is 2. The van der Waals surface area contributed by atoms with Gasteiger partial charge in [-0.05, 0) is 43.5 Å². The van der Waals surface area contributed by atoms with Gasteiger partial charge in [0, 0.05) is 29.5 Å². The number of aromatic amines is 1. The summed E-state index contributed by atoms with van der Waals surface area (Å²) in [5.41, 5.74) is 2.56. The third-order valence-electron chi connectivity index (χ3n) is 5.07. The van der Waals surface area contributed by atoms with Crippen LogP contribution < -0.4 is 10.1 Å². The number of hydrogen-bond acceptors (Lipinski definition) is 3. The van der Waals surface area contributed by atoms with Gasteiger partial charge in [-0.25, -0.2) is 0 Å². The highest BCUT2D eigenvalue weighted by atomic mass is 16.5. The van der Waals surface area contributed by atoms with Crippen molar-refractivity contribution in [2.45, 2.75) is 31.9 Å². The van der Waals surface area contributed by atoms with Crippen molar-refractivity contribution >= 4 is 16.8 Å². The highest BCUT2D eigenvalue weighted by Crippen LogP contribution is 2.38. The standard InChI is InChI=1S/C17H20N2O3/c1-9-12-7-10(21-2)3-4-13(12)18-16(9)17(20)19-14-8-15-11(14)5-6-22-15/h3-4,7,11,14-15,18H,5-6,8H2,1-2H3,(H,19,20)/t11-,14+,15+/m0/s1. The predicted octanol–water partition coefficient (Wildman–Crippen LogP) is 2.39. The Kier molecular flexibility index (Phi) is 3.11. The minimum atomic E-state index is -0.0250. The number of nitrogens with one attached hydrogen (secondary N) is 2. The Morgan fingerprint density at radius 1 is 1.45 bits per heavy atom. The van der Waals surface area contributed by atoms with Crippen molar-refractivity contribution in [2.75, 3.05) is 13.7 Å². The Morgan fingerprint density at radius 3 is 3.09 bits per heavy atom. The molecule has 1 saturated carbocycles. The minimum Gasteiger partial charge on any atom is -0.497 e. The molecule has 0 bridgehead atoms. The molecule has 1 aliphatic carbocycles. The number of aryl methyl sites for hydroxylation is 1. The van der Waals surface area contributed by atoms with Gasteiger partial charge in [0.05, 0.1) is 13.2 Å². The molecule has 1 saturated heterocycles. The Morgan fingerprint density at radius 2 is 2.32 bits per heavy atom. The zero-order valence-electron chi connectivity index (χ0n) is 12.8. The molecule has 2 aliphatic rings. The fourth-order valence-electron chi connectivity index (χ4n) is 3.66. The first-order valence-electron chi connectivity index (χ1n) is 7.76. The van der Waals surface area contributed by atoms with Gasteiger partial charge in [-0.3, -0.25) is 4.79 Å². The summed E-state index contributed by atoms with van der Waals surface area (Å²) in [5.74, 6) is 1.27. The molecule has 0 radical (unpaired) electrons. The summed E-state index contributed by atoms with van der Waals surface area (Å²) in [6.07, 6.45) is 2.35. The molecule has 4 rings (SSSR count). The first-order valence-corrected chi connectivity index (χ1v) is 7.76. The quantitative estimate of drug-likeness (QED) is 0.915. The average Bonchev–Trinajstić information content (AvgIpc) is 3.05. The summed E-state index contributed by atoms with van der Waals surface area (Å²) in [4.78, 5) is 15.8. The van der Waals surface area contributed by atoms with E-state index in [1.807, 2.05) is 25.1 Å². The number of carbonyl (C=O) groups is 1. The maximum atomic E-state index is 12.6. The largest absolute Gasteiger partial charge is 0.497 e. The van der Waals surface area contributed by atoms with Crippen LogP contribution in [0.3, 0.4) is 0 Å². The van der Waals surface area contributed by atoms with Crippen LogP contribution in [-0.4, -0.2) is 36.8 Å². The molecule has 2 fully saturated rings. The van der Waals surface area contributed by atoms with Crippen LogP contribution in [0.1, 0.15) is 28.9 Å². The maximum Gasteiger partial charge on any atom is 0.268 e. The molecule has 3 atom stereocenters. The second-order valence-electron chi connectivity index (χ2n) is 6.21. The van der Waals surface area contributed by atoms with E-state index in [9.17, 15) is 4.79 Å². The van der Waals surface area contributed by atoms with Crippen LogP contribution >= 0.6 is 0 Å². The summed E-state index contributed by atoms with van der Waals surface area (Å²) >= 11 is 0. The molecule has 2 N–H and O–H groups in total. The van der Waals surface area contributed by atoms with Crippen LogP contribution in [0.4, 0.5) is 0 Å². The van der Waals surface area contributed by atoms with Crippen LogP contribution in [0.25, 0.3) is 10.9 Å². The van der Waals surface area contributed by atoms with Gasteiger partial charge in [-0.2, -0.15) is 0 Å². The van der Waals surface area contributed by atoms with Crippen LogP contribution in [0.15, 0.2) is 18.2 Å². The average molecular weight is 300 g/mol. The lowest BCUT2D eigenvalue weighted by Gasteiger charge is -2.39. The molecule has 0 unspecified atom stereocenters. The molecule has 22 heavy (non-hydrogen) atoms. The zero-order chi connectivity index (χ0) is 15.3.